The summed E-state index contributed by atoms with van der Waals surface area (Å²) in [5, 5.41) is 8.94. The second kappa shape index (κ2) is 4.72. The number of nitrogens with zero attached hydrogens (tertiary/aromatic N) is 1. The highest BCUT2D eigenvalue weighted by Gasteiger charge is 2.20. The lowest BCUT2D eigenvalue weighted by atomic mass is 9.95. The Labute approximate surface area is 82.8 Å². The van der Waals surface area contributed by atoms with Crippen LogP contribution in [0, 0.1) is 0 Å². The average Bonchev–Trinajstić information content (AvgIpc) is 2.19. The predicted octanol–water partition coefficient (Wildman–Crippen LogP) is 0.771. The van der Waals surface area contributed by atoms with Gasteiger partial charge >= 0.3 is 5.97 Å². The SMILES string of the molecule is CCc1ccncc1C(CN)C(=O)O. The third kappa shape index (κ3) is 2.09. The number of hydrogen-bond donors (Lipinski definition) is 2. The number of carboxylic acids is 1. The smallest absolute Gasteiger partial charge is 0.312 e. The van der Waals surface area contributed by atoms with Crippen LogP contribution in [0.5, 0.6) is 0 Å². The minimum absolute atomic E-state index is 0.105. The molecule has 1 heterocycles. The van der Waals surface area contributed by atoms with E-state index >= 15 is 0 Å². The fourth-order valence-electron chi connectivity index (χ4n) is 1.43. The van der Waals surface area contributed by atoms with Crippen LogP contribution < -0.4 is 5.73 Å². The van der Waals surface area contributed by atoms with E-state index in [1.54, 1.807) is 12.4 Å². The first-order valence-corrected chi connectivity index (χ1v) is 4.56. The average molecular weight is 194 g/mol. The first-order chi connectivity index (χ1) is 6.70. The van der Waals surface area contributed by atoms with Gasteiger partial charge in [0.1, 0.15) is 0 Å². The first-order valence-electron chi connectivity index (χ1n) is 4.56. The van der Waals surface area contributed by atoms with Gasteiger partial charge in [-0.05, 0) is 23.6 Å². The zero-order chi connectivity index (χ0) is 10.6. The van der Waals surface area contributed by atoms with Gasteiger partial charge in [0, 0.05) is 18.9 Å². The molecular formula is C10H14N2O2. The summed E-state index contributed by atoms with van der Waals surface area (Å²) in [5.41, 5.74) is 7.15. The van der Waals surface area contributed by atoms with Crippen LogP contribution in [0.15, 0.2) is 18.5 Å². The van der Waals surface area contributed by atoms with E-state index in [9.17, 15) is 4.79 Å². The molecule has 1 atom stereocenters. The quantitative estimate of drug-likeness (QED) is 0.742. The molecule has 3 N–H and O–H groups in total. The van der Waals surface area contributed by atoms with Crippen LogP contribution in [0.25, 0.3) is 0 Å². The number of nitrogens with two attached hydrogens (primary N) is 1. The van der Waals surface area contributed by atoms with Gasteiger partial charge in [-0.2, -0.15) is 0 Å². The standard InChI is InChI=1S/C10H14N2O2/c1-2-7-3-4-12-6-9(7)8(5-11)10(13)14/h3-4,6,8H,2,5,11H2,1H3,(H,13,14). The van der Waals surface area contributed by atoms with Crippen molar-refractivity contribution in [1.82, 2.24) is 4.98 Å². The number of carboxylic acid groups (broad SMARTS) is 1. The minimum atomic E-state index is -0.893. The number of pyridine rings is 1. The Balaban J connectivity index is 3.08. The summed E-state index contributed by atoms with van der Waals surface area (Å²) < 4.78 is 0. The molecule has 0 radical (unpaired) electrons. The molecule has 4 heteroatoms. The summed E-state index contributed by atoms with van der Waals surface area (Å²) in [7, 11) is 0. The lowest BCUT2D eigenvalue weighted by Crippen LogP contribution is -2.22. The number of carbonyl (C=O) groups is 1. The second-order valence-electron chi connectivity index (χ2n) is 3.05. The van der Waals surface area contributed by atoms with Gasteiger partial charge < -0.3 is 10.8 Å². The summed E-state index contributed by atoms with van der Waals surface area (Å²) in [6.07, 6.45) is 4.05. The monoisotopic (exact) mass is 194 g/mol. The zero-order valence-electron chi connectivity index (χ0n) is 8.10. The van der Waals surface area contributed by atoms with Crippen molar-refractivity contribution in [3.63, 3.8) is 0 Å². The van der Waals surface area contributed by atoms with Crippen LogP contribution in [0.3, 0.4) is 0 Å². The Hall–Kier alpha value is -1.42. The predicted molar refractivity (Wildman–Crippen MR) is 53.0 cm³/mol. The lowest BCUT2D eigenvalue weighted by molar-refractivity contribution is -0.138. The number of hydrogen-bond acceptors (Lipinski definition) is 3. The van der Waals surface area contributed by atoms with Crippen molar-refractivity contribution in [1.29, 1.82) is 0 Å². The first kappa shape index (κ1) is 10.7. The molecule has 76 valence electrons. The molecule has 0 aliphatic carbocycles. The molecule has 1 aromatic heterocycles. The van der Waals surface area contributed by atoms with Crippen LogP contribution in [-0.4, -0.2) is 22.6 Å². The van der Waals surface area contributed by atoms with E-state index in [-0.39, 0.29) is 6.54 Å². The molecule has 0 bridgehead atoms. The molecule has 14 heavy (non-hydrogen) atoms. The molecule has 1 rings (SSSR count). The largest absolute Gasteiger partial charge is 0.481 e. The van der Waals surface area contributed by atoms with Crippen molar-refractivity contribution in [2.45, 2.75) is 19.3 Å². The highest BCUT2D eigenvalue weighted by Crippen LogP contribution is 2.18. The summed E-state index contributed by atoms with van der Waals surface area (Å²) in [5.74, 6) is -1.53. The highest BCUT2D eigenvalue weighted by atomic mass is 16.4. The third-order valence-electron chi connectivity index (χ3n) is 2.24. The van der Waals surface area contributed by atoms with Crippen molar-refractivity contribution in [2.24, 2.45) is 5.73 Å². The van der Waals surface area contributed by atoms with E-state index in [2.05, 4.69) is 4.98 Å². The zero-order valence-corrected chi connectivity index (χ0v) is 8.10. The maximum Gasteiger partial charge on any atom is 0.312 e. The van der Waals surface area contributed by atoms with Crippen LogP contribution in [0.2, 0.25) is 0 Å². The second-order valence-corrected chi connectivity index (χ2v) is 3.05. The topological polar surface area (TPSA) is 76.2 Å². The number of aryl methyl sites for hydroxylation is 1. The Kier molecular flexibility index (Phi) is 3.59. The molecule has 1 unspecified atom stereocenters. The number of aliphatic carboxylic acids is 1. The third-order valence-corrected chi connectivity index (χ3v) is 2.24. The maximum absolute atomic E-state index is 10.9. The summed E-state index contributed by atoms with van der Waals surface area (Å²) in [6, 6.07) is 1.83. The van der Waals surface area contributed by atoms with Crippen molar-refractivity contribution in [2.75, 3.05) is 6.54 Å². The molecule has 1 aromatic rings. The summed E-state index contributed by atoms with van der Waals surface area (Å²) in [4.78, 5) is 14.8. The van der Waals surface area contributed by atoms with E-state index in [1.807, 2.05) is 13.0 Å². The lowest BCUT2D eigenvalue weighted by Gasteiger charge is -2.13. The van der Waals surface area contributed by atoms with Crippen LogP contribution in [0.4, 0.5) is 0 Å². The summed E-state index contributed by atoms with van der Waals surface area (Å²) in [6.45, 7) is 2.09. The van der Waals surface area contributed by atoms with E-state index in [1.165, 1.54) is 0 Å². The molecule has 0 amide bonds. The van der Waals surface area contributed by atoms with E-state index in [0.717, 1.165) is 17.5 Å². The number of aromatic nitrogens is 1. The Morgan fingerprint density at radius 3 is 2.93 bits per heavy atom. The molecule has 4 nitrogen and oxygen atoms in total. The fraction of sp³-hybridized carbons (Fsp3) is 0.400. The van der Waals surface area contributed by atoms with Gasteiger partial charge in [0.05, 0.1) is 5.92 Å². The van der Waals surface area contributed by atoms with Crippen molar-refractivity contribution < 1.29 is 9.90 Å². The Bertz CT molecular complexity index is 326. The van der Waals surface area contributed by atoms with Gasteiger partial charge in [-0.1, -0.05) is 6.92 Å². The Morgan fingerprint density at radius 2 is 2.43 bits per heavy atom. The van der Waals surface area contributed by atoms with Crippen molar-refractivity contribution in [3.05, 3.63) is 29.6 Å². The maximum atomic E-state index is 10.9. The van der Waals surface area contributed by atoms with Gasteiger partial charge in [-0.25, -0.2) is 0 Å². The molecule has 0 spiro atoms. The van der Waals surface area contributed by atoms with E-state index < -0.39 is 11.9 Å². The van der Waals surface area contributed by atoms with Gasteiger partial charge in [0.15, 0.2) is 0 Å². The normalized spacial score (nSPS) is 12.4. The molecule has 0 aliphatic heterocycles. The van der Waals surface area contributed by atoms with Gasteiger partial charge in [-0.15, -0.1) is 0 Å². The molecule has 0 saturated heterocycles. The summed E-state index contributed by atoms with van der Waals surface area (Å²) >= 11 is 0. The van der Waals surface area contributed by atoms with Crippen molar-refractivity contribution >= 4 is 5.97 Å². The molecular weight excluding hydrogens is 180 g/mol. The minimum Gasteiger partial charge on any atom is -0.481 e. The van der Waals surface area contributed by atoms with E-state index in [4.69, 9.17) is 10.8 Å². The number of rotatable bonds is 4. The fourth-order valence-corrected chi connectivity index (χ4v) is 1.43. The van der Waals surface area contributed by atoms with Crippen LogP contribution in [-0.2, 0) is 11.2 Å². The molecule has 0 saturated carbocycles. The van der Waals surface area contributed by atoms with Gasteiger partial charge in [0.25, 0.3) is 0 Å². The van der Waals surface area contributed by atoms with Crippen LogP contribution >= 0.6 is 0 Å². The highest BCUT2D eigenvalue weighted by molar-refractivity contribution is 5.76. The van der Waals surface area contributed by atoms with Crippen molar-refractivity contribution in [3.8, 4) is 0 Å². The Morgan fingerprint density at radius 1 is 1.71 bits per heavy atom. The molecule has 0 aromatic carbocycles. The molecule has 0 fully saturated rings. The van der Waals surface area contributed by atoms with Gasteiger partial charge in [0.2, 0.25) is 0 Å². The molecule has 0 aliphatic rings. The van der Waals surface area contributed by atoms with Gasteiger partial charge in [-0.3, -0.25) is 9.78 Å². The van der Waals surface area contributed by atoms with E-state index in [0.29, 0.717) is 0 Å². The van der Waals surface area contributed by atoms with Crippen LogP contribution in [0.1, 0.15) is 24.0 Å².